The molecular formula is C10H20ClNO2. The summed E-state index contributed by atoms with van der Waals surface area (Å²) in [6, 6.07) is -0.138. The molecule has 0 aromatic carbocycles. The molecule has 0 amide bonds. The van der Waals surface area contributed by atoms with Gasteiger partial charge < -0.3 is 10.8 Å². The zero-order valence-corrected chi connectivity index (χ0v) is 9.26. The highest BCUT2D eigenvalue weighted by molar-refractivity contribution is 5.85. The van der Waals surface area contributed by atoms with Crippen molar-refractivity contribution in [3.63, 3.8) is 0 Å². The van der Waals surface area contributed by atoms with Gasteiger partial charge in [0, 0.05) is 6.04 Å². The van der Waals surface area contributed by atoms with Crippen molar-refractivity contribution < 1.29 is 9.90 Å². The quantitative estimate of drug-likeness (QED) is 0.765. The first kappa shape index (κ1) is 13.7. The van der Waals surface area contributed by atoms with Crippen molar-refractivity contribution in [1.82, 2.24) is 0 Å². The average Bonchev–Trinajstić information content (AvgIpc) is 2.04. The molecule has 0 radical (unpaired) electrons. The third kappa shape index (κ3) is 5.45. The van der Waals surface area contributed by atoms with Crippen LogP contribution in [0.4, 0.5) is 0 Å². The van der Waals surface area contributed by atoms with Crippen LogP contribution in [0.3, 0.4) is 0 Å². The molecular weight excluding hydrogens is 202 g/mol. The topological polar surface area (TPSA) is 63.3 Å². The van der Waals surface area contributed by atoms with Crippen LogP contribution >= 0.6 is 12.4 Å². The van der Waals surface area contributed by atoms with Crippen LogP contribution in [0.2, 0.25) is 0 Å². The van der Waals surface area contributed by atoms with E-state index in [0.717, 1.165) is 6.42 Å². The molecule has 1 aliphatic rings. The second kappa shape index (κ2) is 7.07. The van der Waals surface area contributed by atoms with E-state index in [4.69, 9.17) is 10.8 Å². The number of rotatable bonds is 4. The van der Waals surface area contributed by atoms with Crippen LogP contribution in [0.1, 0.15) is 44.9 Å². The van der Waals surface area contributed by atoms with Gasteiger partial charge in [-0.1, -0.05) is 32.1 Å². The summed E-state index contributed by atoms with van der Waals surface area (Å²) in [6.07, 6.45) is 7.43. The summed E-state index contributed by atoms with van der Waals surface area (Å²) in [6.45, 7) is 0. The fourth-order valence-corrected chi connectivity index (χ4v) is 2.16. The van der Waals surface area contributed by atoms with Crippen LogP contribution < -0.4 is 5.73 Å². The van der Waals surface area contributed by atoms with Crippen molar-refractivity contribution in [2.24, 2.45) is 11.7 Å². The third-order valence-corrected chi connectivity index (χ3v) is 2.80. The Morgan fingerprint density at radius 3 is 2.43 bits per heavy atom. The summed E-state index contributed by atoms with van der Waals surface area (Å²) in [7, 11) is 0. The van der Waals surface area contributed by atoms with Crippen LogP contribution in [0.15, 0.2) is 0 Å². The molecule has 0 bridgehead atoms. The highest BCUT2D eigenvalue weighted by atomic mass is 35.5. The smallest absolute Gasteiger partial charge is 0.304 e. The standard InChI is InChI=1S/C10H19NO2.ClH/c11-9(7-10(12)13)6-8-4-2-1-3-5-8;/h8-9H,1-7,11H2,(H,12,13);1H. The summed E-state index contributed by atoms with van der Waals surface area (Å²) >= 11 is 0. The van der Waals surface area contributed by atoms with Gasteiger partial charge in [-0.15, -0.1) is 12.4 Å². The van der Waals surface area contributed by atoms with E-state index in [1.807, 2.05) is 0 Å². The molecule has 0 aromatic rings. The molecule has 1 aliphatic carbocycles. The van der Waals surface area contributed by atoms with E-state index >= 15 is 0 Å². The van der Waals surface area contributed by atoms with Crippen molar-refractivity contribution in [3.8, 4) is 0 Å². The molecule has 0 aliphatic heterocycles. The van der Waals surface area contributed by atoms with Gasteiger partial charge in [0.1, 0.15) is 0 Å². The van der Waals surface area contributed by atoms with E-state index in [-0.39, 0.29) is 24.9 Å². The molecule has 1 rings (SSSR count). The molecule has 14 heavy (non-hydrogen) atoms. The first-order valence-electron chi connectivity index (χ1n) is 5.16. The van der Waals surface area contributed by atoms with Gasteiger partial charge >= 0.3 is 5.97 Å². The van der Waals surface area contributed by atoms with E-state index < -0.39 is 5.97 Å². The fraction of sp³-hybridized carbons (Fsp3) is 0.900. The lowest BCUT2D eigenvalue weighted by atomic mass is 9.84. The molecule has 0 aromatic heterocycles. The Labute approximate surface area is 91.5 Å². The molecule has 1 atom stereocenters. The second-order valence-corrected chi connectivity index (χ2v) is 4.10. The lowest BCUT2D eigenvalue weighted by molar-refractivity contribution is -0.137. The summed E-state index contributed by atoms with van der Waals surface area (Å²) < 4.78 is 0. The van der Waals surface area contributed by atoms with E-state index in [1.54, 1.807) is 0 Å². The number of nitrogens with two attached hydrogens (primary N) is 1. The molecule has 1 fully saturated rings. The van der Waals surface area contributed by atoms with Crippen molar-refractivity contribution in [1.29, 1.82) is 0 Å². The Bertz CT molecular complexity index is 170. The van der Waals surface area contributed by atoms with Gasteiger partial charge in [0.25, 0.3) is 0 Å². The van der Waals surface area contributed by atoms with Crippen molar-refractivity contribution >= 4 is 18.4 Å². The average molecular weight is 222 g/mol. The summed E-state index contributed by atoms with van der Waals surface area (Å²) in [5.74, 6) is -0.0913. The van der Waals surface area contributed by atoms with Gasteiger partial charge in [0.15, 0.2) is 0 Å². The van der Waals surface area contributed by atoms with Gasteiger partial charge in [-0.25, -0.2) is 0 Å². The number of carboxylic acids is 1. The molecule has 0 spiro atoms. The predicted octanol–water partition coefficient (Wildman–Crippen LogP) is 2.18. The van der Waals surface area contributed by atoms with Gasteiger partial charge in [0.05, 0.1) is 6.42 Å². The summed E-state index contributed by atoms with van der Waals surface area (Å²) in [5, 5.41) is 8.53. The molecule has 3 nitrogen and oxygen atoms in total. The zero-order valence-electron chi connectivity index (χ0n) is 8.45. The molecule has 4 heteroatoms. The first-order valence-corrected chi connectivity index (χ1v) is 5.16. The molecule has 3 N–H and O–H groups in total. The monoisotopic (exact) mass is 221 g/mol. The lowest BCUT2D eigenvalue weighted by Gasteiger charge is -2.23. The number of aliphatic carboxylic acids is 1. The maximum Gasteiger partial charge on any atom is 0.304 e. The molecule has 0 heterocycles. The van der Waals surface area contributed by atoms with Crippen LogP contribution in [-0.2, 0) is 4.79 Å². The number of carbonyl (C=O) groups is 1. The number of hydrogen-bond donors (Lipinski definition) is 2. The second-order valence-electron chi connectivity index (χ2n) is 4.10. The summed E-state index contributed by atoms with van der Waals surface area (Å²) in [5.41, 5.74) is 5.72. The maximum absolute atomic E-state index is 10.4. The van der Waals surface area contributed by atoms with Gasteiger partial charge in [-0.2, -0.15) is 0 Å². The SMILES string of the molecule is Cl.NC(CC(=O)O)CC1CCCCC1. The Morgan fingerprint density at radius 1 is 1.36 bits per heavy atom. The minimum absolute atomic E-state index is 0. The molecule has 84 valence electrons. The largest absolute Gasteiger partial charge is 0.481 e. The van der Waals surface area contributed by atoms with Gasteiger partial charge in [0.2, 0.25) is 0 Å². The maximum atomic E-state index is 10.4. The van der Waals surface area contributed by atoms with E-state index in [9.17, 15) is 4.79 Å². The lowest BCUT2D eigenvalue weighted by Crippen LogP contribution is -2.27. The molecule has 0 saturated heterocycles. The number of halogens is 1. The minimum Gasteiger partial charge on any atom is -0.481 e. The van der Waals surface area contributed by atoms with Crippen LogP contribution in [0.5, 0.6) is 0 Å². The Kier molecular flexibility index (Phi) is 6.93. The molecule has 1 saturated carbocycles. The minimum atomic E-state index is -0.775. The fourth-order valence-electron chi connectivity index (χ4n) is 2.16. The summed E-state index contributed by atoms with van der Waals surface area (Å²) in [4.78, 5) is 10.4. The normalized spacial score (nSPS) is 19.8. The Morgan fingerprint density at radius 2 is 1.93 bits per heavy atom. The van der Waals surface area contributed by atoms with Gasteiger partial charge in [-0.05, 0) is 12.3 Å². The first-order chi connectivity index (χ1) is 6.18. The van der Waals surface area contributed by atoms with Crippen LogP contribution in [0.25, 0.3) is 0 Å². The Balaban J connectivity index is 0.00000169. The highest BCUT2D eigenvalue weighted by Gasteiger charge is 2.17. The highest BCUT2D eigenvalue weighted by Crippen LogP contribution is 2.27. The third-order valence-electron chi connectivity index (χ3n) is 2.80. The van der Waals surface area contributed by atoms with E-state index in [0.29, 0.717) is 5.92 Å². The predicted molar refractivity (Wildman–Crippen MR) is 58.7 cm³/mol. The zero-order chi connectivity index (χ0) is 9.68. The van der Waals surface area contributed by atoms with Crippen molar-refractivity contribution in [2.75, 3.05) is 0 Å². The number of carboxylic acid groups (broad SMARTS) is 1. The van der Waals surface area contributed by atoms with Crippen LogP contribution in [-0.4, -0.2) is 17.1 Å². The van der Waals surface area contributed by atoms with Crippen molar-refractivity contribution in [3.05, 3.63) is 0 Å². The number of hydrogen-bond acceptors (Lipinski definition) is 2. The molecule has 1 unspecified atom stereocenters. The van der Waals surface area contributed by atoms with Crippen molar-refractivity contribution in [2.45, 2.75) is 51.0 Å². The van der Waals surface area contributed by atoms with Crippen LogP contribution in [0, 0.1) is 5.92 Å². The Hall–Kier alpha value is -0.280. The van der Waals surface area contributed by atoms with E-state index in [2.05, 4.69) is 0 Å². The van der Waals surface area contributed by atoms with Gasteiger partial charge in [-0.3, -0.25) is 4.79 Å². The van der Waals surface area contributed by atoms with E-state index in [1.165, 1.54) is 32.1 Å².